The highest BCUT2D eigenvalue weighted by Crippen LogP contribution is 2.53. The topological polar surface area (TPSA) is 32.8 Å². The molecule has 2 aromatic heterocycles. The second-order valence-corrected chi connectivity index (χ2v) is 19.0. The van der Waals surface area contributed by atoms with Crippen LogP contribution in [0.25, 0.3) is 98.4 Å². The van der Waals surface area contributed by atoms with Gasteiger partial charge in [0.25, 0.3) is 0 Å². The first-order valence-electron chi connectivity index (χ1n) is 24.6. The van der Waals surface area contributed by atoms with Crippen LogP contribution in [0.3, 0.4) is 0 Å². The van der Waals surface area contributed by atoms with E-state index in [9.17, 15) is 0 Å². The Morgan fingerprint density at radius 3 is 1.08 bits per heavy atom. The van der Waals surface area contributed by atoms with Gasteiger partial charge in [0.1, 0.15) is 22.3 Å². The molecule has 0 spiro atoms. The summed E-state index contributed by atoms with van der Waals surface area (Å²) >= 11 is 0. The number of benzene rings is 12. The zero-order chi connectivity index (χ0) is 47.9. The molecule has 2 heterocycles. The third kappa shape index (κ3) is 6.75. The van der Waals surface area contributed by atoms with Crippen molar-refractivity contribution >= 4 is 110 Å². The van der Waals surface area contributed by atoms with Crippen LogP contribution >= 0.6 is 0 Å². The predicted molar refractivity (Wildman–Crippen MR) is 303 cm³/mol. The van der Waals surface area contributed by atoms with E-state index in [0.29, 0.717) is 0 Å². The Bertz CT molecular complexity index is 4180. The van der Waals surface area contributed by atoms with Crippen molar-refractivity contribution in [3.05, 3.63) is 254 Å². The van der Waals surface area contributed by atoms with Crippen LogP contribution < -0.4 is 9.80 Å². The van der Waals surface area contributed by atoms with Crippen LogP contribution in [-0.4, -0.2) is 0 Å². The van der Waals surface area contributed by atoms with Gasteiger partial charge in [-0.1, -0.05) is 170 Å². The minimum atomic E-state index is 0.887. The fraction of sp³-hybridized carbons (Fsp3) is 0.0294. The normalized spacial score (nSPS) is 11.8. The fourth-order valence-electron chi connectivity index (χ4n) is 11.2. The maximum Gasteiger partial charge on any atom is 0.143 e. The third-order valence-corrected chi connectivity index (χ3v) is 14.4. The van der Waals surface area contributed by atoms with Crippen LogP contribution in [0.15, 0.2) is 251 Å². The molecule has 12 aromatic carbocycles. The van der Waals surface area contributed by atoms with Gasteiger partial charge in [0.05, 0.1) is 11.4 Å². The number of aryl methyl sites for hydroxylation is 2. The summed E-state index contributed by atoms with van der Waals surface area (Å²) < 4.78 is 13.3. The van der Waals surface area contributed by atoms with E-state index in [-0.39, 0.29) is 0 Å². The largest absolute Gasteiger partial charge is 0.455 e. The van der Waals surface area contributed by atoms with Crippen molar-refractivity contribution in [2.24, 2.45) is 0 Å². The molecule has 4 heteroatoms. The molecule has 0 saturated carbocycles. The summed E-state index contributed by atoms with van der Waals surface area (Å²) in [6.45, 7) is 4.35. The monoisotopic (exact) mass is 922 g/mol. The minimum absolute atomic E-state index is 0.887. The summed E-state index contributed by atoms with van der Waals surface area (Å²) in [6, 6.07) is 87.8. The van der Waals surface area contributed by atoms with Gasteiger partial charge in [0.15, 0.2) is 0 Å². The van der Waals surface area contributed by atoms with Gasteiger partial charge < -0.3 is 18.6 Å². The molecule has 0 bridgehead atoms. The highest BCUT2D eigenvalue weighted by atomic mass is 16.3. The van der Waals surface area contributed by atoms with Gasteiger partial charge in [-0.05, 0) is 120 Å². The molecular weight excluding hydrogens is 877 g/mol. The van der Waals surface area contributed by atoms with Crippen molar-refractivity contribution < 1.29 is 8.83 Å². The van der Waals surface area contributed by atoms with Crippen LogP contribution in [0.2, 0.25) is 0 Å². The second kappa shape index (κ2) is 16.6. The predicted octanol–water partition coefficient (Wildman–Crippen LogP) is 19.8. The van der Waals surface area contributed by atoms with E-state index in [0.717, 1.165) is 122 Å². The number of hydrogen-bond acceptors (Lipinski definition) is 4. The average Bonchev–Trinajstić information content (AvgIpc) is 4.01. The lowest BCUT2D eigenvalue weighted by Gasteiger charge is -2.33. The van der Waals surface area contributed by atoms with Crippen molar-refractivity contribution in [1.82, 2.24) is 0 Å². The maximum absolute atomic E-state index is 6.64. The fourth-order valence-corrected chi connectivity index (χ4v) is 11.2. The number of rotatable bonds is 8. The Morgan fingerprint density at radius 2 is 0.639 bits per heavy atom. The number of anilines is 6. The molecular formula is C68H46N2O2. The number of para-hydroxylation sites is 4. The molecule has 14 rings (SSSR count). The van der Waals surface area contributed by atoms with E-state index in [2.05, 4.69) is 254 Å². The molecule has 340 valence electrons. The lowest BCUT2D eigenvalue weighted by atomic mass is 9.92. The van der Waals surface area contributed by atoms with Crippen molar-refractivity contribution in [1.29, 1.82) is 0 Å². The highest BCUT2D eigenvalue weighted by molar-refractivity contribution is 6.25. The number of hydrogen-bond donors (Lipinski definition) is 0. The Labute approximate surface area is 416 Å². The molecule has 0 aliphatic heterocycles. The number of fused-ring (bicyclic) bond motifs is 9. The molecule has 72 heavy (non-hydrogen) atoms. The van der Waals surface area contributed by atoms with Gasteiger partial charge in [-0.2, -0.15) is 0 Å². The molecule has 0 fully saturated rings. The number of furan rings is 2. The van der Waals surface area contributed by atoms with Crippen molar-refractivity contribution in [2.75, 3.05) is 9.80 Å². The second-order valence-electron chi connectivity index (χ2n) is 19.0. The van der Waals surface area contributed by atoms with E-state index in [1.165, 1.54) is 21.9 Å². The Kier molecular flexibility index (Phi) is 9.62. The smallest absolute Gasteiger partial charge is 0.143 e. The first-order valence-corrected chi connectivity index (χ1v) is 24.6. The number of nitrogens with zero attached hydrogens (tertiary/aromatic N) is 2. The van der Waals surface area contributed by atoms with Gasteiger partial charge in [-0.15, -0.1) is 0 Å². The Morgan fingerprint density at radius 1 is 0.278 bits per heavy atom. The van der Waals surface area contributed by atoms with E-state index in [1.54, 1.807) is 0 Å². The van der Waals surface area contributed by atoms with Crippen molar-refractivity contribution in [2.45, 2.75) is 13.8 Å². The lowest BCUT2D eigenvalue weighted by molar-refractivity contribution is 0.669. The van der Waals surface area contributed by atoms with E-state index in [4.69, 9.17) is 8.83 Å². The minimum Gasteiger partial charge on any atom is -0.455 e. The molecule has 0 radical (unpaired) electrons. The third-order valence-electron chi connectivity index (χ3n) is 14.4. The summed E-state index contributed by atoms with van der Waals surface area (Å²) in [5, 5.41) is 11.3. The zero-order valence-electron chi connectivity index (χ0n) is 39.8. The van der Waals surface area contributed by atoms with Crippen molar-refractivity contribution in [3.63, 3.8) is 0 Å². The summed E-state index contributed by atoms with van der Waals surface area (Å²) in [7, 11) is 0. The van der Waals surface area contributed by atoms with Crippen LogP contribution in [0.1, 0.15) is 11.1 Å². The molecule has 0 N–H and O–H groups in total. The van der Waals surface area contributed by atoms with Gasteiger partial charge in [0, 0.05) is 77.0 Å². The van der Waals surface area contributed by atoms with E-state index < -0.39 is 0 Å². The van der Waals surface area contributed by atoms with Crippen molar-refractivity contribution in [3.8, 4) is 22.3 Å². The molecule has 14 aromatic rings. The first kappa shape index (κ1) is 41.6. The standard InChI is InChI=1S/C68H46N2O2/c1-43-17-11-23-49(37-43)69(51-25-13-21-47(39-51)53-31-15-33-59-55-27-7-9-35-63(55)71-67(53)59)65-57-29-5-6-30-58(57)66(62-42-46-20-4-3-19-45(46)41-61(62)65)70(50-24-12-18-44(2)38-50)52-26-14-22-48(40-52)54-32-16-34-60-56-28-8-10-36-64(56)72-68(54)60/h3-42H,1-2H3. The summed E-state index contributed by atoms with van der Waals surface area (Å²) in [5.41, 5.74) is 16.6. The highest BCUT2D eigenvalue weighted by Gasteiger charge is 2.27. The van der Waals surface area contributed by atoms with Gasteiger partial charge in [-0.25, -0.2) is 0 Å². The van der Waals surface area contributed by atoms with Gasteiger partial charge in [0.2, 0.25) is 0 Å². The lowest BCUT2D eigenvalue weighted by Crippen LogP contribution is -2.15. The first-order chi connectivity index (χ1) is 35.5. The molecule has 0 aliphatic carbocycles. The quantitative estimate of drug-likeness (QED) is 0.112. The Hall–Kier alpha value is -9.38. The zero-order valence-corrected chi connectivity index (χ0v) is 39.8. The SMILES string of the molecule is Cc1cccc(N(c2cccc(-c3cccc4c3oc3ccccc34)c2)c2c3ccccc3c(N(c3cccc(C)c3)c3cccc(-c4cccc5c4oc4ccccc45)c3)c3cc4ccccc4cc23)c1. The molecule has 0 amide bonds. The average molecular weight is 923 g/mol. The van der Waals surface area contributed by atoms with Gasteiger partial charge in [-0.3, -0.25) is 0 Å². The maximum atomic E-state index is 6.64. The summed E-state index contributed by atoms with van der Waals surface area (Å²) in [6.07, 6.45) is 0. The molecule has 0 aliphatic rings. The van der Waals surface area contributed by atoms with E-state index in [1.807, 2.05) is 12.1 Å². The molecule has 4 nitrogen and oxygen atoms in total. The molecule has 0 atom stereocenters. The van der Waals surface area contributed by atoms with Crippen LogP contribution in [-0.2, 0) is 0 Å². The van der Waals surface area contributed by atoms with Crippen LogP contribution in [0, 0.1) is 13.8 Å². The summed E-state index contributed by atoms with van der Waals surface area (Å²) in [5.74, 6) is 0. The summed E-state index contributed by atoms with van der Waals surface area (Å²) in [4.78, 5) is 4.95. The van der Waals surface area contributed by atoms with E-state index >= 15 is 0 Å². The van der Waals surface area contributed by atoms with Crippen LogP contribution in [0.5, 0.6) is 0 Å². The van der Waals surface area contributed by atoms with Crippen LogP contribution in [0.4, 0.5) is 34.1 Å². The van der Waals surface area contributed by atoms with Gasteiger partial charge >= 0.3 is 0 Å². The molecule has 0 saturated heterocycles. The Balaban J connectivity index is 1.05. The molecule has 0 unspecified atom stereocenters.